The minimum atomic E-state index is -0.325. The molecule has 0 aliphatic heterocycles. The Morgan fingerprint density at radius 2 is 2.19 bits per heavy atom. The lowest BCUT2D eigenvalue weighted by molar-refractivity contribution is 0.156. The number of nitrogens with one attached hydrogen (secondary N) is 1. The average molecular weight is 222 g/mol. The molecule has 0 heterocycles. The van der Waals surface area contributed by atoms with Crippen LogP contribution in [0.2, 0.25) is 0 Å². The molecular formula is C13H19FN2. The van der Waals surface area contributed by atoms with E-state index >= 15 is 0 Å². The van der Waals surface area contributed by atoms with E-state index in [4.69, 9.17) is 5.73 Å². The predicted molar refractivity (Wildman–Crippen MR) is 64.5 cm³/mol. The minimum Gasteiger partial charge on any atom is -0.396 e. The summed E-state index contributed by atoms with van der Waals surface area (Å²) in [6, 6.07) is 5.00. The first-order valence-electron chi connectivity index (χ1n) is 5.84. The maximum Gasteiger partial charge on any atom is 0.146 e. The molecule has 0 spiro atoms. The first kappa shape index (κ1) is 11.4. The molecule has 2 rings (SSSR count). The van der Waals surface area contributed by atoms with E-state index in [-0.39, 0.29) is 11.5 Å². The van der Waals surface area contributed by atoms with E-state index < -0.39 is 0 Å². The third-order valence-electron chi connectivity index (χ3n) is 3.51. The molecule has 16 heavy (non-hydrogen) atoms. The number of halogens is 1. The highest BCUT2D eigenvalue weighted by atomic mass is 19.1. The Morgan fingerprint density at radius 1 is 1.44 bits per heavy atom. The second-order valence-electron chi connectivity index (χ2n) is 5.12. The predicted octanol–water partition coefficient (Wildman–Crippen LogP) is 2.69. The van der Waals surface area contributed by atoms with Crippen LogP contribution < -0.4 is 11.1 Å². The van der Waals surface area contributed by atoms with Crippen LogP contribution in [-0.2, 0) is 6.54 Å². The van der Waals surface area contributed by atoms with Crippen LogP contribution in [0.4, 0.5) is 10.1 Å². The molecule has 0 saturated heterocycles. The first-order chi connectivity index (χ1) is 7.59. The number of nitrogen functional groups attached to an aromatic ring is 1. The van der Waals surface area contributed by atoms with Crippen molar-refractivity contribution in [1.82, 2.24) is 5.32 Å². The average Bonchev–Trinajstić information content (AvgIpc) is 2.21. The largest absolute Gasteiger partial charge is 0.396 e. The van der Waals surface area contributed by atoms with E-state index in [0.717, 1.165) is 12.1 Å². The molecule has 0 bridgehead atoms. The normalized spacial score (nSPS) is 18.1. The quantitative estimate of drug-likeness (QED) is 0.769. The lowest BCUT2D eigenvalue weighted by Crippen LogP contribution is -2.36. The summed E-state index contributed by atoms with van der Waals surface area (Å²) in [5.41, 5.74) is 7.06. The molecular weight excluding hydrogens is 203 g/mol. The molecule has 3 N–H and O–H groups in total. The van der Waals surface area contributed by atoms with E-state index in [1.807, 2.05) is 6.07 Å². The van der Waals surface area contributed by atoms with Crippen molar-refractivity contribution in [3.8, 4) is 0 Å². The molecule has 0 radical (unpaired) electrons. The van der Waals surface area contributed by atoms with Gasteiger partial charge in [0.1, 0.15) is 5.82 Å². The second-order valence-corrected chi connectivity index (χ2v) is 5.12. The summed E-state index contributed by atoms with van der Waals surface area (Å²) in [6.45, 7) is 4.03. The van der Waals surface area contributed by atoms with Crippen molar-refractivity contribution in [3.63, 3.8) is 0 Å². The van der Waals surface area contributed by atoms with Crippen LogP contribution in [0.15, 0.2) is 18.2 Å². The topological polar surface area (TPSA) is 38.0 Å². The zero-order valence-electron chi connectivity index (χ0n) is 9.72. The summed E-state index contributed by atoms with van der Waals surface area (Å²) in [7, 11) is 0. The molecule has 1 saturated carbocycles. The van der Waals surface area contributed by atoms with Gasteiger partial charge in [0.05, 0.1) is 5.69 Å². The van der Waals surface area contributed by atoms with E-state index in [1.165, 1.54) is 25.3 Å². The first-order valence-corrected chi connectivity index (χ1v) is 5.84. The molecule has 1 aliphatic rings. The highest BCUT2D eigenvalue weighted by molar-refractivity contribution is 5.41. The van der Waals surface area contributed by atoms with Crippen molar-refractivity contribution < 1.29 is 4.39 Å². The maximum atomic E-state index is 13.2. The van der Waals surface area contributed by atoms with E-state index in [2.05, 4.69) is 12.2 Å². The fraction of sp³-hybridized carbons (Fsp3) is 0.538. The second kappa shape index (κ2) is 4.42. The van der Waals surface area contributed by atoms with Crippen molar-refractivity contribution in [2.24, 2.45) is 5.41 Å². The van der Waals surface area contributed by atoms with Gasteiger partial charge in [-0.2, -0.15) is 0 Å². The van der Waals surface area contributed by atoms with E-state index in [9.17, 15) is 4.39 Å². The van der Waals surface area contributed by atoms with Crippen LogP contribution in [0.3, 0.4) is 0 Å². The number of benzene rings is 1. The SMILES string of the molecule is CC1(CNCc2ccc(N)c(F)c2)CCC1. The Bertz CT molecular complexity index is 372. The minimum absolute atomic E-state index is 0.217. The van der Waals surface area contributed by atoms with Crippen molar-refractivity contribution in [3.05, 3.63) is 29.6 Å². The highest BCUT2D eigenvalue weighted by Crippen LogP contribution is 2.39. The molecule has 2 nitrogen and oxygen atoms in total. The van der Waals surface area contributed by atoms with Crippen LogP contribution in [-0.4, -0.2) is 6.54 Å². The van der Waals surface area contributed by atoms with Gasteiger partial charge in [0.25, 0.3) is 0 Å². The fourth-order valence-corrected chi connectivity index (χ4v) is 2.15. The molecule has 0 atom stereocenters. The highest BCUT2D eigenvalue weighted by Gasteiger charge is 2.30. The van der Waals surface area contributed by atoms with E-state index in [0.29, 0.717) is 12.0 Å². The summed E-state index contributed by atoms with van der Waals surface area (Å²) in [5, 5.41) is 3.38. The van der Waals surface area contributed by atoms with Gasteiger partial charge >= 0.3 is 0 Å². The van der Waals surface area contributed by atoms with Gasteiger partial charge in [0.15, 0.2) is 0 Å². The Labute approximate surface area is 96.0 Å². The Kier molecular flexibility index (Phi) is 3.15. The van der Waals surface area contributed by atoms with E-state index in [1.54, 1.807) is 6.07 Å². The number of hydrogen-bond acceptors (Lipinski definition) is 2. The molecule has 1 aromatic rings. The zero-order valence-corrected chi connectivity index (χ0v) is 9.72. The summed E-state index contributed by atoms with van der Waals surface area (Å²) < 4.78 is 13.2. The summed E-state index contributed by atoms with van der Waals surface area (Å²) in [4.78, 5) is 0. The molecule has 1 aliphatic carbocycles. The summed E-state index contributed by atoms with van der Waals surface area (Å²) in [5.74, 6) is -0.325. The van der Waals surface area contributed by atoms with Gasteiger partial charge < -0.3 is 11.1 Å². The Balaban J connectivity index is 1.83. The van der Waals surface area contributed by atoms with Crippen molar-refractivity contribution in [2.75, 3.05) is 12.3 Å². The number of rotatable bonds is 4. The van der Waals surface area contributed by atoms with Gasteiger partial charge in [-0.05, 0) is 36.0 Å². The van der Waals surface area contributed by atoms with Gasteiger partial charge in [-0.1, -0.05) is 19.4 Å². The van der Waals surface area contributed by atoms with Crippen molar-refractivity contribution >= 4 is 5.69 Å². The summed E-state index contributed by atoms with van der Waals surface area (Å²) in [6.07, 6.45) is 3.95. The molecule has 1 fully saturated rings. The standard InChI is InChI=1S/C13H19FN2/c1-13(5-2-6-13)9-16-8-10-3-4-12(15)11(14)7-10/h3-4,7,16H,2,5-6,8-9,15H2,1H3. The number of hydrogen-bond donors (Lipinski definition) is 2. The van der Waals surface area contributed by atoms with Gasteiger partial charge in [-0.3, -0.25) is 0 Å². The number of nitrogens with two attached hydrogens (primary N) is 1. The van der Waals surface area contributed by atoms with Gasteiger partial charge in [0.2, 0.25) is 0 Å². The van der Waals surface area contributed by atoms with Crippen LogP contribution in [0, 0.1) is 11.2 Å². The lowest BCUT2D eigenvalue weighted by atomic mass is 9.70. The number of anilines is 1. The third-order valence-corrected chi connectivity index (χ3v) is 3.51. The van der Waals surface area contributed by atoms with Crippen molar-refractivity contribution in [2.45, 2.75) is 32.7 Å². The molecule has 0 aromatic heterocycles. The molecule has 1 aromatic carbocycles. The van der Waals surface area contributed by atoms with Crippen LogP contribution >= 0.6 is 0 Å². The lowest BCUT2D eigenvalue weighted by Gasteiger charge is -2.38. The molecule has 88 valence electrons. The van der Waals surface area contributed by atoms with Gasteiger partial charge in [-0.15, -0.1) is 0 Å². The van der Waals surface area contributed by atoms with Crippen molar-refractivity contribution in [1.29, 1.82) is 0 Å². The fourth-order valence-electron chi connectivity index (χ4n) is 2.15. The third kappa shape index (κ3) is 2.53. The Hall–Kier alpha value is -1.09. The summed E-state index contributed by atoms with van der Waals surface area (Å²) >= 11 is 0. The maximum absolute atomic E-state index is 13.2. The smallest absolute Gasteiger partial charge is 0.146 e. The van der Waals surface area contributed by atoms with Crippen LogP contribution in [0.25, 0.3) is 0 Å². The van der Waals surface area contributed by atoms with Crippen LogP contribution in [0.5, 0.6) is 0 Å². The zero-order chi connectivity index (χ0) is 11.6. The monoisotopic (exact) mass is 222 g/mol. The van der Waals surface area contributed by atoms with Gasteiger partial charge in [-0.25, -0.2) is 4.39 Å². The molecule has 0 unspecified atom stereocenters. The molecule has 3 heteroatoms. The van der Waals surface area contributed by atoms with Crippen LogP contribution in [0.1, 0.15) is 31.7 Å². The Morgan fingerprint density at radius 3 is 2.75 bits per heavy atom. The van der Waals surface area contributed by atoms with Gasteiger partial charge in [0, 0.05) is 13.1 Å². The molecule has 0 amide bonds.